The van der Waals surface area contributed by atoms with Gasteiger partial charge in [-0.15, -0.1) is 0 Å². The lowest BCUT2D eigenvalue weighted by atomic mass is 10.1. The van der Waals surface area contributed by atoms with E-state index in [-0.39, 0.29) is 6.09 Å². The van der Waals surface area contributed by atoms with Crippen LogP contribution in [0.15, 0.2) is 6.20 Å². The molecule has 0 saturated heterocycles. The third-order valence-corrected chi connectivity index (χ3v) is 2.58. The van der Waals surface area contributed by atoms with Gasteiger partial charge in [0.05, 0.1) is 0 Å². The van der Waals surface area contributed by atoms with E-state index in [0.29, 0.717) is 6.54 Å². The van der Waals surface area contributed by atoms with Crippen LogP contribution in [0.5, 0.6) is 0 Å². The van der Waals surface area contributed by atoms with Gasteiger partial charge in [0.15, 0.2) is 5.82 Å². The SMILES string of the molecule is Cn1cc2c(n1)N(C(=O)OC(C)(C)C)CCC2. The number of amides is 1. The van der Waals surface area contributed by atoms with Crippen LogP contribution in [0.3, 0.4) is 0 Å². The smallest absolute Gasteiger partial charge is 0.416 e. The number of aromatic nitrogens is 2. The highest BCUT2D eigenvalue weighted by Gasteiger charge is 2.29. The van der Waals surface area contributed by atoms with Gasteiger partial charge in [0.2, 0.25) is 0 Å². The summed E-state index contributed by atoms with van der Waals surface area (Å²) >= 11 is 0. The number of rotatable bonds is 0. The van der Waals surface area contributed by atoms with Gasteiger partial charge in [-0.1, -0.05) is 0 Å². The first-order chi connectivity index (χ1) is 7.87. The number of anilines is 1. The molecule has 94 valence electrons. The van der Waals surface area contributed by atoms with Crippen LogP contribution in [-0.2, 0) is 18.2 Å². The number of fused-ring (bicyclic) bond motifs is 1. The first kappa shape index (κ1) is 12.0. The summed E-state index contributed by atoms with van der Waals surface area (Å²) in [6, 6.07) is 0. The molecule has 2 heterocycles. The zero-order valence-corrected chi connectivity index (χ0v) is 10.9. The van der Waals surface area contributed by atoms with E-state index < -0.39 is 5.60 Å². The summed E-state index contributed by atoms with van der Waals surface area (Å²) in [5.74, 6) is 0.744. The molecule has 0 aromatic carbocycles. The van der Waals surface area contributed by atoms with Crippen molar-refractivity contribution in [2.45, 2.75) is 39.2 Å². The molecule has 0 bridgehead atoms. The van der Waals surface area contributed by atoms with E-state index in [1.165, 1.54) is 0 Å². The van der Waals surface area contributed by atoms with Gasteiger partial charge in [-0.25, -0.2) is 4.79 Å². The highest BCUT2D eigenvalue weighted by Crippen LogP contribution is 2.26. The Hall–Kier alpha value is -1.52. The maximum absolute atomic E-state index is 12.0. The van der Waals surface area contributed by atoms with Crippen molar-refractivity contribution in [1.82, 2.24) is 9.78 Å². The number of nitrogens with zero attached hydrogens (tertiary/aromatic N) is 3. The number of carbonyl (C=O) groups is 1. The van der Waals surface area contributed by atoms with Crippen molar-refractivity contribution < 1.29 is 9.53 Å². The lowest BCUT2D eigenvalue weighted by molar-refractivity contribution is 0.0576. The second kappa shape index (κ2) is 4.05. The van der Waals surface area contributed by atoms with Crippen LogP contribution in [0, 0.1) is 0 Å². The Balaban J connectivity index is 2.21. The molecule has 5 heteroatoms. The first-order valence-corrected chi connectivity index (χ1v) is 5.90. The molecule has 0 unspecified atom stereocenters. The van der Waals surface area contributed by atoms with Gasteiger partial charge in [-0.2, -0.15) is 5.10 Å². The number of ether oxygens (including phenoxy) is 1. The Kier molecular flexibility index (Phi) is 2.85. The summed E-state index contributed by atoms with van der Waals surface area (Å²) < 4.78 is 7.12. The number of hydrogen-bond acceptors (Lipinski definition) is 3. The monoisotopic (exact) mass is 237 g/mol. The van der Waals surface area contributed by atoms with Crippen molar-refractivity contribution >= 4 is 11.9 Å². The average molecular weight is 237 g/mol. The molecule has 0 radical (unpaired) electrons. The third-order valence-electron chi connectivity index (χ3n) is 2.58. The van der Waals surface area contributed by atoms with E-state index in [9.17, 15) is 4.79 Å². The maximum atomic E-state index is 12.0. The number of carbonyl (C=O) groups excluding carboxylic acids is 1. The summed E-state index contributed by atoms with van der Waals surface area (Å²) in [4.78, 5) is 13.7. The quantitative estimate of drug-likeness (QED) is 0.694. The van der Waals surface area contributed by atoms with Gasteiger partial charge < -0.3 is 4.74 Å². The van der Waals surface area contributed by atoms with E-state index >= 15 is 0 Å². The van der Waals surface area contributed by atoms with Crippen molar-refractivity contribution in [1.29, 1.82) is 0 Å². The molecule has 1 aromatic rings. The average Bonchev–Trinajstić information content (AvgIpc) is 2.54. The second-order valence-electron chi connectivity index (χ2n) is 5.39. The van der Waals surface area contributed by atoms with Crippen molar-refractivity contribution in [2.24, 2.45) is 7.05 Å². The van der Waals surface area contributed by atoms with Gasteiger partial charge in [-0.3, -0.25) is 9.58 Å². The van der Waals surface area contributed by atoms with E-state index in [1.54, 1.807) is 9.58 Å². The molecule has 5 nitrogen and oxygen atoms in total. The molecule has 17 heavy (non-hydrogen) atoms. The fraction of sp³-hybridized carbons (Fsp3) is 0.667. The normalized spacial score (nSPS) is 15.6. The van der Waals surface area contributed by atoms with Crippen LogP contribution < -0.4 is 4.90 Å². The number of aryl methyl sites for hydroxylation is 2. The highest BCUT2D eigenvalue weighted by molar-refractivity contribution is 5.88. The molecule has 1 aliphatic heterocycles. The molecule has 1 amide bonds. The van der Waals surface area contributed by atoms with Crippen LogP contribution in [0.4, 0.5) is 10.6 Å². The Bertz CT molecular complexity index is 431. The molecule has 0 aliphatic carbocycles. The zero-order chi connectivity index (χ0) is 12.6. The summed E-state index contributed by atoms with van der Waals surface area (Å²) in [5.41, 5.74) is 0.647. The lowest BCUT2D eigenvalue weighted by Crippen LogP contribution is -2.39. The van der Waals surface area contributed by atoms with Crippen LogP contribution in [0.1, 0.15) is 32.8 Å². The van der Waals surface area contributed by atoms with Crippen molar-refractivity contribution in [3.63, 3.8) is 0 Å². The second-order valence-corrected chi connectivity index (χ2v) is 5.39. The van der Waals surface area contributed by atoms with Crippen LogP contribution in [0.25, 0.3) is 0 Å². The standard InChI is InChI=1S/C12H19N3O2/c1-12(2,3)17-11(16)15-7-5-6-9-8-14(4)13-10(9)15/h8H,5-7H2,1-4H3. The zero-order valence-electron chi connectivity index (χ0n) is 10.9. The molecule has 1 aliphatic rings. The van der Waals surface area contributed by atoms with Gasteiger partial charge >= 0.3 is 6.09 Å². The molecular formula is C12H19N3O2. The van der Waals surface area contributed by atoms with Crippen LogP contribution in [0.2, 0.25) is 0 Å². The Labute approximate surface area is 101 Å². The maximum Gasteiger partial charge on any atom is 0.416 e. The number of hydrogen-bond donors (Lipinski definition) is 0. The van der Waals surface area contributed by atoms with Crippen molar-refractivity contribution in [3.05, 3.63) is 11.8 Å². The van der Waals surface area contributed by atoms with E-state index in [0.717, 1.165) is 24.2 Å². The summed E-state index contributed by atoms with van der Waals surface area (Å²) in [6.07, 6.45) is 3.59. The predicted octanol–water partition coefficient (Wildman–Crippen LogP) is 2.11. The molecule has 2 rings (SSSR count). The van der Waals surface area contributed by atoms with Gasteiger partial charge in [-0.05, 0) is 33.6 Å². The van der Waals surface area contributed by atoms with E-state index in [4.69, 9.17) is 4.74 Å². The minimum atomic E-state index is -0.469. The fourth-order valence-electron chi connectivity index (χ4n) is 1.96. The predicted molar refractivity (Wildman–Crippen MR) is 65.1 cm³/mol. The van der Waals surface area contributed by atoms with Crippen molar-refractivity contribution in [2.75, 3.05) is 11.4 Å². The van der Waals surface area contributed by atoms with Crippen molar-refractivity contribution in [3.8, 4) is 0 Å². The first-order valence-electron chi connectivity index (χ1n) is 5.90. The Morgan fingerprint density at radius 3 is 2.82 bits per heavy atom. The summed E-state index contributed by atoms with van der Waals surface area (Å²) in [6.45, 7) is 6.29. The summed E-state index contributed by atoms with van der Waals surface area (Å²) in [5, 5.41) is 4.33. The lowest BCUT2D eigenvalue weighted by Gasteiger charge is -2.28. The van der Waals surface area contributed by atoms with Crippen LogP contribution >= 0.6 is 0 Å². The van der Waals surface area contributed by atoms with Gasteiger partial charge in [0.25, 0.3) is 0 Å². The Morgan fingerprint density at radius 1 is 1.47 bits per heavy atom. The largest absolute Gasteiger partial charge is 0.443 e. The van der Waals surface area contributed by atoms with Gasteiger partial charge in [0, 0.05) is 25.4 Å². The third kappa shape index (κ3) is 2.60. The molecule has 0 saturated carbocycles. The minimum absolute atomic E-state index is 0.308. The van der Waals surface area contributed by atoms with E-state index in [1.807, 2.05) is 34.0 Å². The Morgan fingerprint density at radius 2 is 2.18 bits per heavy atom. The minimum Gasteiger partial charge on any atom is -0.443 e. The fourth-order valence-corrected chi connectivity index (χ4v) is 1.96. The molecule has 0 atom stereocenters. The molecule has 1 aromatic heterocycles. The molecule has 0 fully saturated rings. The molecular weight excluding hydrogens is 218 g/mol. The molecule has 0 N–H and O–H groups in total. The van der Waals surface area contributed by atoms with E-state index in [2.05, 4.69) is 5.10 Å². The topological polar surface area (TPSA) is 47.4 Å². The molecule has 0 spiro atoms. The highest BCUT2D eigenvalue weighted by atomic mass is 16.6. The van der Waals surface area contributed by atoms with Gasteiger partial charge in [0.1, 0.15) is 5.60 Å². The summed E-state index contributed by atoms with van der Waals surface area (Å²) in [7, 11) is 1.87. The van der Waals surface area contributed by atoms with Crippen LogP contribution in [-0.4, -0.2) is 28.0 Å².